The Morgan fingerprint density at radius 3 is 2.57 bits per heavy atom. The summed E-state index contributed by atoms with van der Waals surface area (Å²) in [6.07, 6.45) is 0. The summed E-state index contributed by atoms with van der Waals surface area (Å²) in [5, 5.41) is 1.04. The van der Waals surface area contributed by atoms with Crippen LogP contribution in [-0.2, 0) is 0 Å². The lowest BCUT2D eigenvalue weighted by Crippen LogP contribution is -2.04. The lowest BCUT2D eigenvalue weighted by Gasteiger charge is -1.67. The van der Waals surface area contributed by atoms with Gasteiger partial charge in [-0.1, -0.05) is 0 Å². The molecule has 0 aliphatic rings. The first-order chi connectivity index (χ1) is 3.29. The Morgan fingerprint density at radius 2 is 2.43 bits per heavy atom. The molecule has 1 heterocycles. The monoisotopic (exact) mass is 112 g/mol. The average Bonchev–Trinajstić information content (AvgIpc) is 1.87. The second-order valence-corrected chi connectivity index (χ2v) is 2.32. The number of aryl methyl sites for hydroxylation is 1. The van der Waals surface area contributed by atoms with Gasteiger partial charge in [-0.2, -0.15) is 4.37 Å². The summed E-state index contributed by atoms with van der Waals surface area (Å²) in [5.41, 5.74) is 0.877. The highest BCUT2D eigenvalue weighted by Gasteiger charge is 1.88. The quantitative estimate of drug-likeness (QED) is 0.406. The van der Waals surface area contributed by atoms with Gasteiger partial charge in [-0.15, -0.1) is 0 Å². The molecule has 1 aromatic rings. The Balaban J connectivity index is 3.04. The maximum atomic E-state index is 4.02. The standard InChI is InChI=1S/C3H5BN2S/c1-2-5-3(4)6-7-2/h4H2,1H3. The fourth-order valence-corrected chi connectivity index (χ4v) is 0.879. The van der Waals surface area contributed by atoms with E-state index in [4.69, 9.17) is 0 Å². The molecule has 0 aromatic carbocycles. The molecule has 0 saturated heterocycles. The van der Waals surface area contributed by atoms with Gasteiger partial charge in [0, 0.05) is 0 Å². The van der Waals surface area contributed by atoms with Crippen LogP contribution in [0.1, 0.15) is 5.01 Å². The van der Waals surface area contributed by atoms with Crippen molar-refractivity contribution < 1.29 is 0 Å². The van der Waals surface area contributed by atoms with Crippen LogP contribution in [0, 0.1) is 6.92 Å². The van der Waals surface area contributed by atoms with Gasteiger partial charge in [-0.05, 0) is 18.5 Å². The number of hydrogen-bond donors (Lipinski definition) is 0. The summed E-state index contributed by atoms with van der Waals surface area (Å²) in [6, 6.07) is 0. The Labute approximate surface area is 47.2 Å². The van der Waals surface area contributed by atoms with E-state index < -0.39 is 0 Å². The van der Waals surface area contributed by atoms with Crippen LogP contribution in [0.4, 0.5) is 0 Å². The SMILES string of the molecule is Bc1nsc(C)n1. The molecular weight excluding hydrogens is 107 g/mol. The van der Waals surface area contributed by atoms with Crippen molar-refractivity contribution in [1.29, 1.82) is 0 Å². The molecule has 0 radical (unpaired) electrons. The second kappa shape index (κ2) is 1.62. The highest BCUT2D eigenvalue weighted by Crippen LogP contribution is 1.90. The fourth-order valence-electron chi connectivity index (χ4n) is 0.401. The summed E-state index contributed by atoms with van der Waals surface area (Å²) in [4.78, 5) is 4.02. The Kier molecular flexibility index (Phi) is 1.10. The lowest BCUT2D eigenvalue weighted by atomic mass is 10.1. The van der Waals surface area contributed by atoms with Gasteiger partial charge in [-0.25, -0.2) is 4.98 Å². The summed E-state index contributed by atoms with van der Waals surface area (Å²) < 4.78 is 3.95. The fraction of sp³-hybridized carbons (Fsp3) is 0.333. The first-order valence-electron chi connectivity index (χ1n) is 2.06. The first-order valence-corrected chi connectivity index (χ1v) is 2.83. The molecule has 0 aliphatic carbocycles. The lowest BCUT2D eigenvalue weighted by molar-refractivity contribution is 1.31. The maximum absolute atomic E-state index is 4.02. The van der Waals surface area contributed by atoms with E-state index in [1.807, 2.05) is 14.8 Å². The summed E-state index contributed by atoms with van der Waals surface area (Å²) >= 11 is 1.44. The molecule has 1 rings (SSSR count). The highest BCUT2D eigenvalue weighted by atomic mass is 32.1. The van der Waals surface area contributed by atoms with Crippen molar-refractivity contribution in [2.24, 2.45) is 0 Å². The van der Waals surface area contributed by atoms with Gasteiger partial charge in [0.15, 0.2) is 7.85 Å². The maximum Gasteiger partial charge on any atom is 0.190 e. The molecule has 0 unspecified atom stereocenters. The molecular formula is C3H5BN2S. The van der Waals surface area contributed by atoms with Crippen LogP contribution in [-0.4, -0.2) is 17.2 Å². The molecule has 2 nitrogen and oxygen atoms in total. The minimum atomic E-state index is 0.877. The molecule has 0 aliphatic heterocycles. The topological polar surface area (TPSA) is 25.8 Å². The predicted octanol–water partition coefficient (Wildman–Crippen LogP) is -0.895. The van der Waals surface area contributed by atoms with E-state index in [0.717, 1.165) is 10.7 Å². The summed E-state index contributed by atoms with van der Waals surface area (Å²) in [6.45, 7) is 1.95. The van der Waals surface area contributed by atoms with Crippen LogP contribution in [0.15, 0.2) is 0 Å². The average molecular weight is 112 g/mol. The van der Waals surface area contributed by atoms with Crippen molar-refractivity contribution in [2.45, 2.75) is 6.92 Å². The molecule has 1 aromatic heterocycles. The zero-order chi connectivity index (χ0) is 5.28. The van der Waals surface area contributed by atoms with Gasteiger partial charge < -0.3 is 0 Å². The number of hydrogen-bond acceptors (Lipinski definition) is 3. The zero-order valence-corrected chi connectivity index (χ0v) is 5.12. The molecule has 36 valence electrons. The van der Waals surface area contributed by atoms with E-state index in [1.165, 1.54) is 11.5 Å². The normalized spacial score (nSPS) is 9.29. The van der Waals surface area contributed by atoms with Crippen molar-refractivity contribution in [2.75, 3.05) is 0 Å². The number of rotatable bonds is 0. The van der Waals surface area contributed by atoms with Crippen LogP contribution < -0.4 is 5.72 Å². The van der Waals surface area contributed by atoms with Gasteiger partial charge in [0.25, 0.3) is 0 Å². The largest absolute Gasteiger partial charge is 0.236 e. The molecule has 0 atom stereocenters. The van der Waals surface area contributed by atoms with E-state index in [2.05, 4.69) is 9.36 Å². The van der Waals surface area contributed by atoms with E-state index in [1.54, 1.807) is 0 Å². The van der Waals surface area contributed by atoms with E-state index in [9.17, 15) is 0 Å². The highest BCUT2D eigenvalue weighted by molar-refractivity contribution is 7.05. The number of nitrogens with zero attached hydrogens (tertiary/aromatic N) is 2. The summed E-state index contributed by atoms with van der Waals surface area (Å²) in [7, 11) is 1.89. The smallest absolute Gasteiger partial charge is 0.190 e. The van der Waals surface area contributed by atoms with Crippen LogP contribution in [0.2, 0.25) is 0 Å². The van der Waals surface area contributed by atoms with Gasteiger partial charge in [0.05, 0.1) is 5.72 Å². The molecule has 0 spiro atoms. The molecule has 7 heavy (non-hydrogen) atoms. The van der Waals surface area contributed by atoms with Gasteiger partial charge in [-0.3, -0.25) is 0 Å². The van der Waals surface area contributed by atoms with Crippen LogP contribution in [0.5, 0.6) is 0 Å². The molecule has 0 fully saturated rings. The van der Waals surface area contributed by atoms with Crippen molar-refractivity contribution in [3.8, 4) is 0 Å². The van der Waals surface area contributed by atoms with Crippen molar-refractivity contribution in [3.63, 3.8) is 0 Å². The minimum Gasteiger partial charge on any atom is -0.236 e. The Hall–Kier alpha value is -0.375. The van der Waals surface area contributed by atoms with Gasteiger partial charge in [0.1, 0.15) is 5.01 Å². The van der Waals surface area contributed by atoms with Crippen LogP contribution >= 0.6 is 11.5 Å². The summed E-state index contributed by atoms with van der Waals surface area (Å²) in [5.74, 6) is 0. The molecule has 0 N–H and O–H groups in total. The third-order valence-corrected chi connectivity index (χ3v) is 1.34. The van der Waals surface area contributed by atoms with Crippen LogP contribution in [0.25, 0.3) is 0 Å². The Bertz CT molecular complexity index is 145. The van der Waals surface area contributed by atoms with Crippen molar-refractivity contribution >= 4 is 25.1 Å². The first kappa shape index (κ1) is 4.78. The second-order valence-electron chi connectivity index (χ2n) is 1.36. The Morgan fingerprint density at radius 1 is 1.71 bits per heavy atom. The van der Waals surface area contributed by atoms with Crippen LogP contribution in [0.3, 0.4) is 0 Å². The van der Waals surface area contributed by atoms with Gasteiger partial charge >= 0.3 is 0 Å². The molecule has 4 heteroatoms. The minimum absolute atomic E-state index is 0.877. The third-order valence-electron chi connectivity index (χ3n) is 0.629. The van der Waals surface area contributed by atoms with E-state index in [0.29, 0.717) is 0 Å². The molecule has 0 amide bonds. The van der Waals surface area contributed by atoms with Crippen molar-refractivity contribution in [1.82, 2.24) is 9.36 Å². The van der Waals surface area contributed by atoms with E-state index in [-0.39, 0.29) is 0 Å². The van der Waals surface area contributed by atoms with Gasteiger partial charge in [0.2, 0.25) is 0 Å². The number of aromatic nitrogens is 2. The molecule has 0 saturated carbocycles. The predicted molar refractivity (Wildman–Crippen MR) is 32.8 cm³/mol. The zero-order valence-electron chi connectivity index (χ0n) is 4.30. The molecule has 0 bridgehead atoms. The van der Waals surface area contributed by atoms with Crippen molar-refractivity contribution in [3.05, 3.63) is 5.01 Å². The third kappa shape index (κ3) is 0.994. The van der Waals surface area contributed by atoms with E-state index >= 15 is 0 Å².